The number of carbonyl (C=O) groups is 1. The van der Waals surface area contributed by atoms with Crippen molar-refractivity contribution >= 4 is 11.9 Å². The predicted molar refractivity (Wildman–Crippen MR) is 47.8 cm³/mol. The van der Waals surface area contributed by atoms with E-state index >= 15 is 0 Å². The SMILES string of the molecule is C=C(CC=O)c1cccc(O)c1. The number of aldehydes is 1. The predicted octanol–water partition coefficient (Wildman–Crippen LogP) is 1.99. The minimum absolute atomic E-state index is 0.194. The van der Waals surface area contributed by atoms with Gasteiger partial charge in [-0.15, -0.1) is 0 Å². The molecule has 1 aromatic rings. The minimum atomic E-state index is 0.194. The second-order valence-corrected chi connectivity index (χ2v) is 2.52. The van der Waals surface area contributed by atoms with Gasteiger partial charge in [-0.05, 0) is 23.3 Å². The first-order chi connectivity index (χ1) is 5.74. The van der Waals surface area contributed by atoms with Crippen LogP contribution in [0.1, 0.15) is 12.0 Å². The molecule has 2 nitrogen and oxygen atoms in total. The summed E-state index contributed by atoms with van der Waals surface area (Å²) in [7, 11) is 0. The van der Waals surface area contributed by atoms with Crippen molar-refractivity contribution in [2.45, 2.75) is 6.42 Å². The minimum Gasteiger partial charge on any atom is -0.508 e. The fraction of sp³-hybridized carbons (Fsp3) is 0.100. The van der Waals surface area contributed by atoms with Crippen LogP contribution in [0.25, 0.3) is 5.57 Å². The lowest BCUT2D eigenvalue weighted by molar-refractivity contribution is -0.107. The molecule has 0 aliphatic heterocycles. The summed E-state index contributed by atoms with van der Waals surface area (Å²) >= 11 is 0. The zero-order valence-corrected chi connectivity index (χ0v) is 6.66. The van der Waals surface area contributed by atoms with Crippen LogP contribution >= 0.6 is 0 Å². The molecule has 0 heterocycles. The van der Waals surface area contributed by atoms with Crippen LogP contribution in [0.15, 0.2) is 30.8 Å². The first-order valence-electron chi connectivity index (χ1n) is 3.65. The van der Waals surface area contributed by atoms with E-state index in [0.717, 1.165) is 17.4 Å². The smallest absolute Gasteiger partial charge is 0.124 e. The summed E-state index contributed by atoms with van der Waals surface area (Å²) < 4.78 is 0. The molecule has 0 atom stereocenters. The maximum absolute atomic E-state index is 10.2. The second kappa shape index (κ2) is 3.72. The topological polar surface area (TPSA) is 37.3 Å². The molecule has 0 saturated carbocycles. The Morgan fingerprint density at radius 1 is 1.58 bits per heavy atom. The van der Waals surface area contributed by atoms with Crippen LogP contribution in [0.5, 0.6) is 5.75 Å². The van der Waals surface area contributed by atoms with Crippen LogP contribution in [0.3, 0.4) is 0 Å². The van der Waals surface area contributed by atoms with Crippen molar-refractivity contribution < 1.29 is 9.90 Å². The van der Waals surface area contributed by atoms with Gasteiger partial charge in [0.15, 0.2) is 0 Å². The highest BCUT2D eigenvalue weighted by Crippen LogP contribution is 2.19. The zero-order valence-electron chi connectivity index (χ0n) is 6.66. The molecule has 0 fully saturated rings. The number of rotatable bonds is 3. The second-order valence-electron chi connectivity index (χ2n) is 2.52. The van der Waals surface area contributed by atoms with Crippen LogP contribution in [0.4, 0.5) is 0 Å². The molecule has 1 rings (SSSR count). The maximum Gasteiger partial charge on any atom is 0.124 e. The number of hydrogen-bond acceptors (Lipinski definition) is 2. The van der Waals surface area contributed by atoms with Gasteiger partial charge in [0.1, 0.15) is 12.0 Å². The fourth-order valence-electron chi connectivity index (χ4n) is 0.944. The summed E-state index contributed by atoms with van der Waals surface area (Å²) in [5, 5.41) is 9.10. The lowest BCUT2D eigenvalue weighted by atomic mass is 10.1. The summed E-state index contributed by atoms with van der Waals surface area (Å²) in [5.74, 6) is 0.194. The van der Waals surface area contributed by atoms with Gasteiger partial charge in [0.25, 0.3) is 0 Å². The molecule has 12 heavy (non-hydrogen) atoms. The van der Waals surface area contributed by atoms with Crippen LogP contribution in [0.2, 0.25) is 0 Å². The number of phenolic OH excluding ortho intramolecular Hbond substituents is 1. The number of aromatic hydroxyl groups is 1. The van der Waals surface area contributed by atoms with Crippen molar-refractivity contribution in [1.29, 1.82) is 0 Å². The third-order valence-electron chi connectivity index (χ3n) is 1.58. The Balaban J connectivity index is 2.87. The van der Waals surface area contributed by atoms with E-state index in [1.807, 2.05) is 6.07 Å². The molecule has 0 bridgehead atoms. The fourth-order valence-corrected chi connectivity index (χ4v) is 0.944. The number of allylic oxidation sites excluding steroid dienone is 1. The number of phenols is 1. The van der Waals surface area contributed by atoms with Gasteiger partial charge in [-0.25, -0.2) is 0 Å². The van der Waals surface area contributed by atoms with Crippen molar-refractivity contribution in [3.8, 4) is 5.75 Å². The molecule has 2 heteroatoms. The number of hydrogen-bond donors (Lipinski definition) is 1. The first-order valence-corrected chi connectivity index (χ1v) is 3.65. The lowest BCUT2D eigenvalue weighted by Crippen LogP contribution is -1.82. The van der Waals surface area contributed by atoms with Crippen molar-refractivity contribution in [2.24, 2.45) is 0 Å². The van der Waals surface area contributed by atoms with Crippen molar-refractivity contribution in [3.05, 3.63) is 36.4 Å². The third-order valence-corrected chi connectivity index (χ3v) is 1.58. The molecule has 0 aromatic heterocycles. The normalized spacial score (nSPS) is 9.33. The van der Waals surface area contributed by atoms with Crippen molar-refractivity contribution in [1.82, 2.24) is 0 Å². The van der Waals surface area contributed by atoms with Gasteiger partial charge in [0, 0.05) is 6.42 Å². The quantitative estimate of drug-likeness (QED) is 0.690. The Kier molecular flexibility index (Phi) is 2.64. The van der Waals surface area contributed by atoms with Gasteiger partial charge in [0.05, 0.1) is 0 Å². The van der Waals surface area contributed by atoms with E-state index < -0.39 is 0 Å². The summed E-state index contributed by atoms with van der Waals surface area (Å²) in [6, 6.07) is 6.70. The maximum atomic E-state index is 10.2. The van der Waals surface area contributed by atoms with Gasteiger partial charge in [-0.1, -0.05) is 18.7 Å². The van der Waals surface area contributed by atoms with E-state index in [-0.39, 0.29) is 5.75 Å². The summed E-state index contributed by atoms with van der Waals surface area (Å²) in [6.45, 7) is 3.71. The molecule has 1 N–H and O–H groups in total. The molecule has 0 aliphatic rings. The molecule has 0 spiro atoms. The number of benzene rings is 1. The Morgan fingerprint density at radius 2 is 2.33 bits per heavy atom. The van der Waals surface area contributed by atoms with E-state index in [0.29, 0.717) is 6.42 Å². The van der Waals surface area contributed by atoms with E-state index in [1.54, 1.807) is 18.2 Å². The Morgan fingerprint density at radius 3 is 2.92 bits per heavy atom. The highest BCUT2D eigenvalue weighted by atomic mass is 16.3. The van der Waals surface area contributed by atoms with E-state index in [2.05, 4.69) is 6.58 Å². The van der Waals surface area contributed by atoms with E-state index in [4.69, 9.17) is 5.11 Å². The summed E-state index contributed by atoms with van der Waals surface area (Å²) in [4.78, 5) is 10.2. The Labute approximate surface area is 71.2 Å². The van der Waals surface area contributed by atoms with E-state index in [1.165, 1.54) is 0 Å². The molecule has 0 amide bonds. The van der Waals surface area contributed by atoms with Crippen molar-refractivity contribution in [2.75, 3.05) is 0 Å². The molecule has 0 aliphatic carbocycles. The molecule has 0 unspecified atom stereocenters. The zero-order chi connectivity index (χ0) is 8.97. The molecule has 62 valence electrons. The molecule has 0 saturated heterocycles. The van der Waals surface area contributed by atoms with Crippen molar-refractivity contribution in [3.63, 3.8) is 0 Å². The summed E-state index contributed by atoms with van der Waals surface area (Å²) in [6.07, 6.45) is 1.11. The molecule has 0 radical (unpaired) electrons. The van der Waals surface area contributed by atoms with Crippen LogP contribution in [0, 0.1) is 0 Å². The van der Waals surface area contributed by atoms with Crippen LogP contribution in [-0.2, 0) is 4.79 Å². The Bertz CT molecular complexity index is 302. The standard InChI is InChI=1S/C10H10O2/c1-8(5-6-11)9-3-2-4-10(12)7-9/h2-4,6-7,12H,1,5H2. The average Bonchev–Trinajstić information content (AvgIpc) is 2.05. The highest BCUT2D eigenvalue weighted by Gasteiger charge is 1.97. The number of carbonyl (C=O) groups excluding carboxylic acids is 1. The van der Waals surface area contributed by atoms with Gasteiger partial charge in [0.2, 0.25) is 0 Å². The van der Waals surface area contributed by atoms with E-state index in [9.17, 15) is 4.79 Å². The monoisotopic (exact) mass is 162 g/mol. The third kappa shape index (κ3) is 1.95. The summed E-state index contributed by atoms with van der Waals surface area (Å²) in [5.41, 5.74) is 1.53. The van der Waals surface area contributed by atoms with Gasteiger partial charge in [-0.2, -0.15) is 0 Å². The largest absolute Gasteiger partial charge is 0.508 e. The average molecular weight is 162 g/mol. The van der Waals surface area contributed by atoms with Gasteiger partial charge >= 0.3 is 0 Å². The molecular weight excluding hydrogens is 152 g/mol. The lowest BCUT2D eigenvalue weighted by Gasteiger charge is -2.01. The van der Waals surface area contributed by atoms with Gasteiger partial charge in [-0.3, -0.25) is 0 Å². The van der Waals surface area contributed by atoms with Gasteiger partial charge < -0.3 is 9.90 Å². The van der Waals surface area contributed by atoms with Crippen LogP contribution < -0.4 is 0 Å². The highest BCUT2D eigenvalue weighted by molar-refractivity contribution is 5.76. The molecule has 1 aromatic carbocycles. The first kappa shape index (κ1) is 8.53. The Hall–Kier alpha value is -1.57. The molecular formula is C10H10O2. The van der Waals surface area contributed by atoms with Crippen LogP contribution in [-0.4, -0.2) is 11.4 Å².